The lowest BCUT2D eigenvalue weighted by Crippen LogP contribution is -2.32. The van der Waals surface area contributed by atoms with Gasteiger partial charge < -0.3 is 14.8 Å². The monoisotopic (exact) mass is 389 g/mol. The number of carbonyl (C=O) groups is 1. The summed E-state index contributed by atoms with van der Waals surface area (Å²) < 4.78 is 12.2. The first-order chi connectivity index (χ1) is 9.66. The zero-order valence-corrected chi connectivity index (χ0v) is 13.8. The molecule has 0 spiro atoms. The van der Waals surface area contributed by atoms with Crippen molar-refractivity contribution >= 4 is 34.2 Å². The van der Waals surface area contributed by atoms with Gasteiger partial charge in [0.1, 0.15) is 6.10 Å². The van der Waals surface area contributed by atoms with Crippen molar-refractivity contribution in [3.8, 4) is 0 Å². The highest BCUT2D eigenvalue weighted by Gasteiger charge is 2.19. The maximum Gasteiger partial charge on any atom is 0.253 e. The third kappa shape index (κ3) is 4.71. The van der Waals surface area contributed by atoms with E-state index in [-0.39, 0.29) is 12.0 Å². The van der Waals surface area contributed by atoms with E-state index in [9.17, 15) is 4.79 Å². The van der Waals surface area contributed by atoms with Crippen LogP contribution < -0.4 is 5.32 Å². The average molecular weight is 389 g/mol. The van der Waals surface area contributed by atoms with Crippen molar-refractivity contribution in [2.75, 3.05) is 18.5 Å². The number of amides is 1. The van der Waals surface area contributed by atoms with Crippen LogP contribution in [0.4, 0.5) is 5.69 Å². The Bertz CT molecular complexity index is 446. The van der Waals surface area contributed by atoms with Gasteiger partial charge in [0.2, 0.25) is 0 Å². The molecule has 2 unspecified atom stereocenters. The fraction of sp³-hybridized carbons (Fsp3) is 0.533. The summed E-state index contributed by atoms with van der Waals surface area (Å²) in [6.45, 7) is 3.06. The topological polar surface area (TPSA) is 47.6 Å². The van der Waals surface area contributed by atoms with Gasteiger partial charge in [0, 0.05) is 10.2 Å². The van der Waals surface area contributed by atoms with E-state index in [0.29, 0.717) is 6.61 Å². The molecule has 0 saturated carbocycles. The molecule has 1 fully saturated rings. The molecule has 1 N–H and O–H groups in total. The number of hydrogen-bond acceptors (Lipinski definition) is 3. The molecule has 1 aliphatic heterocycles. The molecular formula is C15H20INO3. The number of rotatable bonds is 5. The van der Waals surface area contributed by atoms with Gasteiger partial charge in [-0.25, -0.2) is 0 Å². The Hall–Kier alpha value is -0.660. The summed E-state index contributed by atoms with van der Waals surface area (Å²) in [5.74, 6) is -0.120. The van der Waals surface area contributed by atoms with Crippen LogP contribution in [-0.4, -0.2) is 31.3 Å². The van der Waals surface area contributed by atoms with E-state index >= 15 is 0 Å². The summed E-state index contributed by atoms with van der Waals surface area (Å²) in [4.78, 5) is 12.1. The summed E-state index contributed by atoms with van der Waals surface area (Å²) in [6, 6.07) is 7.69. The van der Waals surface area contributed by atoms with Crippen molar-refractivity contribution in [2.24, 2.45) is 0 Å². The van der Waals surface area contributed by atoms with Crippen LogP contribution in [0.15, 0.2) is 24.3 Å². The Morgan fingerprint density at radius 1 is 1.50 bits per heavy atom. The van der Waals surface area contributed by atoms with Gasteiger partial charge in [-0.1, -0.05) is 12.1 Å². The maximum atomic E-state index is 12.1. The van der Waals surface area contributed by atoms with Gasteiger partial charge in [0.05, 0.1) is 18.4 Å². The van der Waals surface area contributed by atoms with Crippen LogP contribution in [0.2, 0.25) is 0 Å². The van der Waals surface area contributed by atoms with Crippen molar-refractivity contribution in [3.63, 3.8) is 0 Å². The second-order valence-corrected chi connectivity index (χ2v) is 6.10. The molecule has 1 aromatic rings. The van der Waals surface area contributed by atoms with E-state index in [0.717, 1.165) is 28.7 Å². The number of hydrogen-bond donors (Lipinski definition) is 1. The number of nitrogens with one attached hydrogen (secondary N) is 1. The Balaban J connectivity index is 1.78. The molecular weight excluding hydrogens is 369 g/mol. The number of anilines is 1. The third-order valence-corrected chi connectivity index (χ3v) is 4.25. The quantitative estimate of drug-likeness (QED) is 0.787. The Kier molecular flexibility index (Phi) is 6.25. The SMILES string of the molecule is CC(OCC1CCCCO1)C(=O)Nc1ccccc1I. The Morgan fingerprint density at radius 2 is 2.30 bits per heavy atom. The summed E-state index contributed by atoms with van der Waals surface area (Å²) in [7, 11) is 0. The molecule has 4 nitrogen and oxygen atoms in total. The van der Waals surface area contributed by atoms with Crippen LogP contribution in [0, 0.1) is 3.57 Å². The van der Waals surface area contributed by atoms with Crippen molar-refractivity contribution < 1.29 is 14.3 Å². The lowest BCUT2D eigenvalue weighted by molar-refractivity contribution is -0.130. The number of benzene rings is 1. The summed E-state index contributed by atoms with van der Waals surface area (Å²) in [5, 5.41) is 2.89. The molecule has 5 heteroatoms. The van der Waals surface area contributed by atoms with Crippen LogP contribution in [0.1, 0.15) is 26.2 Å². The van der Waals surface area contributed by atoms with Crippen LogP contribution >= 0.6 is 22.6 Å². The molecule has 1 aliphatic rings. The summed E-state index contributed by atoms with van der Waals surface area (Å²) in [6.07, 6.45) is 2.98. The van der Waals surface area contributed by atoms with Crippen molar-refractivity contribution in [1.82, 2.24) is 0 Å². The Morgan fingerprint density at radius 3 is 3.00 bits per heavy atom. The van der Waals surface area contributed by atoms with E-state index in [1.165, 1.54) is 6.42 Å². The smallest absolute Gasteiger partial charge is 0.253 e. The van der Waals surface area contributed by atoms with Gasteiger partial charge in [0.15, 0.2) is 0 Å². The van der Waals surface area contributed by atoms with Crippen molar-refractivity contribution in [2.45, 2.75) is 38.4 Å². The zero-order valence-electron chi connectivity index (χ0n) is 11.6. The molecule has 110 valence electrons. The van der Waals surface area contributed by atoms with Gasteiger partial charge in [-0.05, 0) is 60.9 Å². The van der Waals surface area contributed by atoms with Crippen LogP contribution in [0.25, 0.3) is 0 Å². The van der Waals surface area contributed by atoms with E-state index in [1.54, 1.807) is 6.92 Å². The lowest BCUT2D eigenvalue weighted by atomic mass is 10.1. The second kappa shape index (κ2) is 7.95. The fourth-order valence-corrected chi connectivity index (χ4v) is 2.59. The fourth-order valence-electron chi connectivity index (χ4n) is 2.06. The van der Waals surface area contributed by atoms with E-state index in [1.807, 2.05) is 24.3 Å². The van der Waals surface area contributed by atoms with Crippen molar-refractivity contribution in [3.05, 3.63) is 27.8 Å². The lowest BCUT2D eigenvalue weighted by Gasteiger charge is -2.24. The number of para-hydroxylation sites is 1. The van der Waals surface area contributed by atoms with Crippen molar-refractivity contribution in [1.29, 1.82) is 0 Å². The van der Waals surface area contributed by atoms with Gasteiger partial charge in [0.25, 0.3) is 5.91 Å². The summed E-state index contributed by atoms with van der Waals surface area (Å²) in [5.41, 5.74) is 0.822. The highest BCUT2D eigenvalue weighted by atomic mass is 127. The number of halogens is 1. The molecule has 1 amide bonds. The molecule has 0 aliphatic carbocycles. The van der Waals surface area contributed by atoms with Crippen LogP contribution in [0.3, 0.4) is 0 Å². The van der Waals surface area contributed by atoms with Crippen LogP contribution in [-0.2, 0) is 14.3 Å². The molecule has 2 atom stereocenters. The van der Waals surface area contributed by atoms with E-state index in [4.69, 9.17) is 9.47 Å². The average Bonchev–Trinajstić information content (AvgIpc) is 2.48. The molecule has 20 heavy (non-hydrogen) atoms. The summed E-state index contributed by atoms with van der Waals surface area (Å²) >= 11 is 2.20. The predicted molar refractivity (Wildman–Crippen MR) is 86.8 cm³/mol. The van der Waals surface area contributed by atoms with Gasteiger partial charge in [-0.15, -0.1) is 0 Å². The first-order valence-corrected chi connectivity index (χ1v) is 8.03. The molecule has 0 radical (unpaired) electrons. The first kappa shape index (κ1) is 15.7. The predicted octanol–water partition coefficient (Wildman–Crippen LogP) is 3.20. The normalized spacial score (nSPS) is 20.4. The number of ether oxygens (including phenoxy) is 2. The highest BCUT2D eigenvalue weighted by Crippen LogP contribution is 2.18. The van der Waals surface area contributed by atoms with Crippen LogP contribution in [0.5, 0.6) is 0 Å². The first-order valence-electron chi connectivity index (χ1n) is 6.95. The second-order valence-electron chi connectivity index (χ2n) is 4.93. The molecule has 0 aromatic heterocycles. The van der Waals surface area contributed by atoms with Gasteiger partial charge in [-0.3, -0.25) is 4.79 Å². The Labute approximate surface area is 133 Å². The molecule has 1 aromatic carbocycles. The van der Waals surface area contributed by atoms with E-state index in [2.05, 4.69) is 27.9 Å². The maximum absolute atomic E-state index is 12.1. The highest BCUT2D eigenvalue weighted by molar-refractivity contribution is 14.1. The molecule has 0 bridgehead atoms. The van der Waals surface area contributed by atoms with Gasteiger partial charge >= 0.3 is 0 Å². The number of carbonyl (C=O) groups excluding carboxylic acids is 1. The standard InChI is InChI=1S/C15H20INO3/c1-11(20-10-12-6-4-5-9-19-12)15(18)17-14-8-3-2-7-13(14)16/h2-3,7-8,11-12H,4-6,9-10H2,1H3,(H,17,18). The third-order valence-electron chi connectivity index (χ3n) is 3.31. The minimum Gasteiger partial charge on any atom is -0.376 e. The zero-order chi connectivity index (χ0) is 14.4. The van der Waals surface area contributed by atoms with Gasteiger partial charge in [-0.2, -0.15) is 0 Å². The largest absolute Gasteiger partial charge is 0.376 e. The molecule has 1 saturated heterocycles. The minimum atomic E-state index is -0.475. The minimum absolute atomic E-state index is 0.120. The molecule has 2 rings (SSSR count). The van der Waals surface area contributed by atoms with E-state index < -0.39 is 6.10 Å². The molecule has 1 heterocycles.